The van der Waals surface area contributed by atoms with Crippen LogP contribution in [-0.2, 0) is 19.8 Å². The van der Waals surface area contributed by atoms with Crippen LogP contribution < -0.4 is 5.32 Å². The van der Waals surface area contributed by atoms with Crippen LogP contribution >= 0.6 is 18.9 Å². The van der Waals surface area contributed by atoms with Gasteiger partial charge in [-0.2, -0.15) is 19.1 Å². The molecule has 2 aromatic heterocycles. The molecule has 49 heavy (non-hydrogen) atoms. The minimum Gasteiger partial charge on any atom is -0.340 e. The molecule has 3 aliphatic heterocycles. The van der Waals surface area contributed by atoms with Gasteiger partial charge in [-0.1, -0.05) is 31.0 Å². The van der Waals surface area contributed by atoms with E-state index < -0.39 is 42.7 Å². The standard InChI is InChI=1S/C33H33F2N6O6PS/c34-33(35,48(45,46)47)22-7-10-28-20(11-22)13-29(49-28)30(42)38-25-4-2-1-3-23-8-9-27(41(23)31(25)43)32(44)40-16-21(14-36)24(17-40)18-5-6-19-15-37-39-26(19)12-18/h5-7,10-13,15,21,23-25,27H,1-4,8-9,16-17H2,(H,37,39)(H,38,42)(H2,45,46,47)/t21-,23+,24+,25+,27+/m1/s1. The number of amides is 3. The first-order valence-electron chi connectivity index (χ1n) is 16.1. The van der Waals surface area contributed by atoms with Crippen LogP contribution in [0.25, 0.3) is 21.0 Å². The Hall–Kier alpha value is -4.22. The monoisotopic (exact) mass is 710 g/mol. The van der Waals surface area contributed by atoms with Crippen molar-refractivity contribution in [1.82, 2.24) is 25.3 Å². The van der Waals surface area contributed by atoms with E-state index in [1.807, 2.05) is 18.2 Å². The molecule has 3 fully saturated rings. The maximum atomic E-state index is 14.3. The minimum absolute atomic E-state index is 0.145. The molecule has 0 radical (unpaired) electrons. The summed E-state index contributed by atoms with van der Waals surface area (Å²) in [5.74, 6) is -1.77. The number of fused-ring (bicyclic) bond motifs is 3. The number of likely N-dealkylation sites (tertiary alicyclic amines) is 1. The number of aromatic nitrogens is 2. The van der Waals surface area contributed by atoms with Crippen LogP contribution in [0.5, 0.6) is 0 Å². The number of aromatic amines is 1. The second-order valence-corrected chi connectivity index (χ2v) is 15.8. The highest BCUT2D eigenvalue weighted by molar-refractivity contribution is 7.52. The van der Waals surface area contributed by atoms with Crippen LogP contribution in [0.1, 0.15) is 65.2 Å². The van der Waals surface area contributed by atoms with Crippen molar-refractivity contribution in [2.75, 3.05) is 13.1 Å². The Kier molecular flexibility index (Phi) is 8.55. The Labute approximate surface area is 283 Å². The molecular weight excluding hydrogens is 677 g/mol. The second-order valence-electron chi connectivity index (χ2n) is 13.1. The number of rotatable bonds is 6. The van der Waals surface area contributed by atoms with Gasteiger partial charge in [-0.3, -0.25) is 24.0 Å². The van der Waals surface area contributed by atoms with E-state index in [0.29, 0.717) is 36.9 Å². The summed E-state index contributed by atoms with van der Waals surface area (Å²) in [6.07, 6.45) is 5.43. The summed E-state index contributed by atoms with van der Waals surface area (Å²) in [7, 11) is -5.77. The topological polar surface area (TPSA) is 180 Å². The molecule has 16 heteroatoms. The fourth-order valence-electron chi connectivity index (χ4n) is 7.50. The molecule has 2 aromatic carbocycles. The molecule has 7 rings (SSSR count). The summed E-state index contributed by atoms with van der Waals surface area (Å²) < 4.78 is 40.5. The van der Waals surface area contributed by atoms with Crippen LogP contribution in [0.4, 0.5) is 8.78 Å². The number of alkyl halides is 2. The van der Waals surface area contributed by atoms with Gasteiger partial charge in [0, 0.05) is 40.7 Å². The summed E-state index contributed by atoms with van der Waals surface area (Å²) in [5, 5.41) is 21.0. The Morgan fingerprint density at radius 3 is 2.63 bits per heavy atom. The number of nitrogens with one attached hydrogen (secondary N) is 2. The van der Waals surface area contributed by atoms with E-state index in [-0.39, 0.29) is 40.6 Å². The van der Waals surface area contributed by atoms with Crippen molar-refractivity contribution in [2.45, 2.75) is 68.2 Å². The van der Waals surface area contributed by atoms with Gasteiger partial charge in [0.25, 0.3) is 5.91 Å². The van der Waals surface area contributed by atoms with Crippen LogP contribution in [-0.4, -0.2) is 78.7 Å². The number of thiophene rings is 1. The minimum atomic E-state index is -5.77. The first-order valence-corrected chi connectivity index (χ1v) is 18.5. The van der Waals surface area contributed by atoms with E-state index in [4.69, 9.17) is 9.79 Å². The Balaban J connectivity index is 1.08. The normalized spacial score (nSPS) is 24.9. The lowest BCUT2D eigenvalue weighted by Gasteiger charge is -2.36. The molecule has 5 heterocycles. The van der Waals surface area contributed by atoms with Gasteiger partial charge in [0.1, 0.15) is 12.1 Å². The number of carbonyl (C=O) groups excluding carboxylic acids is 3. The molecule has 4 N–H and O–H groups in total. The first kappa shape index (κ1) is 33.3. The second kappa shape index (κ2) is 12.6. The van der Waals surface area contributed by atoms with Gasteiger partial charge in [-0.15, -0.1) is 11.3 Å². The van der Waals surface area contributed by atoms with E-state index in [1.54, 1.807) is 16.0 Å². The molecule has 5 atom stereocenters. The lowest BCUT2D eigenvalue weighted by molar-refractivity contribution is -0.146. The van der Waals surface area contributed by atoms with Gasteiger partial charge in [0.15, 0.2) is 0 Å². The Morgan fingerprint density at radius 2 is 1.86 bits per heavy atom. The third-order valence-corrected chi connectivity index (χ3v) is 12.2. The van der Waals surface area contributed by atoms with Crippen molar-refractivity contribution in [3.8, 4) is 6.07 Å². The summed E-state index contributed by atoms with van der Waals surface area (Å²) >= 11 is 1.01. The number of nitriles is 1. The SMILES string of the molecule is N#C[C@@H]1CN(C(=O)[C@@H]2CC[C@@H]3CCCC[C@H](NC(=O)c4cc5cc(C(F)(F)P(=O)(O)O)ccc5s4)C(=O)N32)C[C@H]1c1ccc2cn[nH]c2c1. The Bertz CT molecular complexity index is 2060. The van der Waals surface area contributed by atoms with Crippen LogP contribution in [0.2, 0.25) is 0 Å². The molecule has 0 aliphatic carbocycles. The predicted molar refractivity (Wildman–Crippen MR) is 176 cm³/mol. The van der Waals surface area contributed by atoms with Gasteiger partial charge in [0.05, 0.1) is 28.6 Å². The molecular formula is C33H33F2N6O6PS. The van der Waals surface area contributed by atoms with E-state index in [9.17, 15) is 33.0 Å². The lowest BCUT2D eigenvalue weighted by Crippen LogP contribution is -2.56. The van der Waals surface area contributed by atoms with E-state index in [0.717, 1.165) is 52.8 Å². The molecule has 3 saturated heterocycles. The first-order chi connectivity index (χ1) is 23.4. The molecule has 3 amide bonds. The zero-order valence-electron chi connectivity index (χ0n) is 26.1. The summed E-state index contributed by atoms with van der Waals surface area (Å²) in [5.41, 5.74) is -3.48. The van der Waals surface area contributed by atoms with Crippen LogP contribution in [0, 0.1) is 17.2 Å². The van der Waals surface area contributed by atoms with Crippen molar-refractivity contribution in [2.24, 2.45) is 5.92 Å². The number of hydrogen-bond acceptors (Lipinski definition) is 7. The number of H-pyrrole nitrogens is 1. The maximum Gasteiger partial charge on any atom is 0.399 e. The van der Waals surface area contributed by atoms with E-state index >= 15 is 0 Å². The highest BCUT2D eigenvalue weighted by Gasteiger charge is 2.51. The summed E-state index contributed by atoms with van der Waals surface area (Å²) in [4.78, 5) is 63.4. The Morgan fingerprint density at radius 1 is 1.06 bits per heavy atom. The van der Waals surface area contributed by atoms with Crippen molar-refractivity contribution in [1.29, 1.82) is 5.26 Å². The van der Waals surface area contributed by atoms with E-state index in [1.165, 1.54) is 12.1 Å². The smallest absolute Gasteiger partial charge is 0.340 e. The molecule has 12 nitrogen and oxygen atoms in total. The maximum absolute atomic E-state index is 14.3. The molecule has 256 valence electrons. The average molecular weight is 711 g/mol. The van der Waals surface area contributed by atoms with Crippen molar-refractivity contribution >= 4 is 57.6 Å². The largest absolute Gasteiger partial charge is 0.399 e. The van der Waals surface area contributed by atoms with Crippen molar-refractivity contribution in [3.63, 3.8) is 0 Å². The zero-order chi connectivity index (χ0) is 34.7. The summed E-state index contributed by atoms with van der Waals surface area (Å²) in [6, 6.07) is 10.9. The fraction of sp³-hybridized carbons (Fsp3) is 0.424. The van der Waals surface area contributed by atoms with E-state index in [2.05, 4.69) is 21.6 Å². The van der Waals surface area contributed by atoms with Gasteiger partial charge >= 0.3 is 13.3 Å². The third-order valence-electron chi connectivity index (χ3n) is 10.1. The predicted octanol–water partition coefficient (Wildman–Crippen LogP) is 4.80. The fourth-order valence-corrected chi connectivity index (χ4v) is 8.92. The molecule has 3 aliphatic rings. The number of nitrogens with zero attached hydrogens (tertiary/aromatic N) is 4. The van der Waals surface area contributed by atoms with Gasteiger partial charge in [0.2, 0.25) is 11.8 Å². The van der Waals surface area contributed by atoms with Crippen LogP contribution in [0.3, 0.4) is 0 Å². The van der Waals surface area contributed by atoms with Crippen molar-refractivity contribution < 1.29 is 37.5 Å². The van der Waals surface area contributed by atoms with Crippen molar-refractivity contribution in [3.05, 3.63) is 64.7 Å². The number of hydrogen-bond donors (Lipinski definition) is 4. The number of carbonyl (C=O) groups is 3. The molecule has 0 spiro atoms. The third kappa shape index (κ3) is 6.01. The highest BCUT2D eigenvalue weighted by atomic mass is 32.1. The summed E-state index contributed by atoms with van der Waals surface area (Å²) in [6.45, 7) is 0.589. The van der Waals surface area contributed by atoms with Crippen LogP contribution in [0.15, 0.2) is 48.7 Å². The molecule has 0 unspecified atom stereocenters. The number of halogens is 2. The molecule has 0 bridgehead atoms. The molecule has 4 aromatic rings. The number of benzene rings is 2. The quantitative estimate of drug-likeness (QED) is 0.206. The van der Waals surface area contributed by atoms with Gasteiger partial charge in [-0.25, -0.2) is 0 Å². The van der Waals surface area contributed by atoms with Gasteiger partial charge < -0.3 is 24.9 Å². The highest BCUT2D eigenvalue weighted by Crippen LogP contribution is 2.59. The zero-order valence-corrected chi connectivity index (χ0v) is 27.8. The van der Waals surface area contributed by atoms with Gasteiger partial charge in [-0.05, 0) is 60.9 Å². The average Bonchev–Trinajstić information content (AvgIpc) is 3.88. The molecule has 0 saturated carbocycles. The lowest BCUT2D eigenvalue weighted by atomic mass is 9.89.